The number of halogens is 1. The molecule has 0 bridgehead atoms. The number of amidine groups is 1. The zero-order chi connectivity index (χ0) is 26.1. The maximum Gasteiger partial charge on any atom is 0.262 e. The molecule has 2 amide bonds. The van der Waals surface area contributed by atoms with E-state index in [2.05, 4.69) is 34.6 Å². The zero-order valence-corrected chi connectivity index (χ0v) is 22.4. The van der Waals surface area contributed by atoms with Crippen molar-refractivity contribution < 1.29 is 9.59 Å². The Bertz CT molecular complexity index is 1430. The van der Waals surface area contributed by atoms with Gasteiger partial charge in [0.15, 0.2) is 5.17 Å². The highest BCUT2D eigenvalue weighted by molar-refractivity contribution is 8.15. The lowest BCUT2D eigenvalue weighted by Gasteiger charge is -2.23. The zero-order valence-electron chi connectivity index (χ0n) is 20.9. The SMILES string of the molecule is Cc1ccc(C2=NN(C3=NC(=O)[C@H](CC(=O)Nc4ccc(C)c(C)c4)S3)[C@@H](c3cccc(Cl)c3)C2)cc1. The van der Waals surface area contributed by atoms with E-state index in [1.54, 1.807) is 0 Å². The summed E-state index contributed by atoms with van der Waals surface area (Å²) in [6, 6.07) is 21.5. The Balaban J connectivity index is 1.35. The van der Waals surface area contributed by atoms with Gasteiger partial charge in [0.2, 0.25) is 5.91 Å². The maximum atomic E-state index is 12.8. The molecule has 37 heavy (non-hydrogen) atoms. The van der Waals surface area contributed by atoms with Gasteiger partial charge in [-0.25, -0.2) is 5.01 Å². The lowest BCUT2D eigenvalue weighted by Crippen LogP contribution is -2.25. The number of nitrogens with one attached hydrogen (secondary N) is 1. The van der Waals surface area contributed by atoms with Crippen molar-refractivity contribution in [2.24, 2.45) is 10.1 Å². The number of thioether (sulfide) groups is 1. The van der Waals surface area contributed by atoms with Gasteiger partial charge in [0.1, 0.15) is 5.25 Å². The van der Waals surface area contributed by atoms with Gasteiger partial charge in [-0.3, -0.25) is 9.59 Å². The van der Waals surface area contributed by atoms with Crippen LogP contribution in [0, 0.1) is 20.8 Å². The first kappa shape index (κ1) is 25.2. The first-order valence-corrected chi connectivity index (χ1v) is 13.4. The van der Waals surface area contributed by atoms with Crippen molar-refractivity contribution in [3.05, 3.63) is 99.6 Å². The maximum absolute atomic E-state index is 12.8. The van der Waals surface area contributed by atoms with Crippen LogP contribution in [0.2, 0.25) is 5.02 Å². The van der Waals surface area contributed by atoms with Crippen LogP contribution in [0.5, 0.6) is 0 Å². The summed E-state index contributed by atoms with van der Waals surface area (Å²) >= 11 is 7.59. The highest BCUT2D eigenvalue weighted by Gasteiger charge is 2.39. The standard InChI is InChI=1S/C29H27ClN4O2S/c1-17-7-10-20(11-8-17)24-15-25(21-5-4-6-22(30)14-21)34(33-24)29-32-28(36)26(37-29)16-27(35)31-23-12-9-18(2)19(3)13-23/h4-14,25-26H,15-16H2,1-3H3,(H,31,35)/t25-,26+/m1/s1. The Morgan fingerprint density at radius 3 is 2.57 bits per heavy atom. The molecular formula is C29H27ClN4O2S. The number of anilines is 1. The summed E-state index contributed by atoms with van der Waals surface area (Å²) in [5, 5.41) is 10.2. The molecule has 0 saturated heterocycles. The number of hydrogen-bond acceptors (Lipinski definition) is 5. The number of carbonyl (C=O) groups is 2. The molecule has 2 atom stereocenters. The molecule has 0 spiro atoms. The van der Waals surface area contributed by atoms with Crippen LogP contribution >= 0.6 is 23.4 Å². The van der Waals surface area contributed by atoms with Gasteiger partial charge in [-0.2, -0.15) is 10.1 Å². The second-order valence-electron chi connectivity index (χ2n) is 9.42. The molecule has 0 fully saturated rings. The average Bonchev–Trinajstić information content (AvgIpc) is 3.46. The molecule has 2 aliphatic rings. The van der Waals surface area contributed by atoms with Gasteiger partial charge in [0.25, 0.3) is 5.91 Å². The number of benzene rings is 3. The summed E-state index contributed by atoms with van der Waals surface area (Å²) in [7, 11) is 0. The fraction of sp³-hybridized carbons (Fsp3) is 0.241. The molecule has 0 radical (unpaired) electrons. The van der Waals surface area contributed by atoms with Crippen molar-refractivity contribution >= 4 is 51.7 Å². The Labute approximate surface area is 225 Å². The normalized spacial score (nSPS) is 19.1. The summed E-state index contributed by atoms with van der Waals surface area (Å²) in [6.07, 6.45) is 0.683. The van der Waals surface area contributed by atoms with Crippen LogP contribution in [0.15, 0.2) is 76.8 Å². The van der Waals surface area contributed by atoms with Crippen molar-refractivity contribution in [2.75, 3.05) is 5.32 Å². The summed E-state index contributed by atoms with van der Waals surface area (Å²) in [4.78, 5) is 29.9. The number of nitrogens with zero attached hydrogens (tertiary/aromatic N) is 3. The number of amides is 2. The quantitative estimate of drug-likeness (QED) is 0.411. The molecular weight excluding hydrogens is 504 g/mol. The summed E-state index contributed by atoms with van der Waals surface area (Å²) in [5.74, 6) is -0.540. The minimum Gasteiger partial charge on any atom is -0.326 e. The monoisotopic (exact) mass is 530 g/mol. The van der Waals surface area contributed by atoms with Crippen LogP contribution in [-0.2, 0) is 9.59 Å². The number of rotatable bonds is 5. The second-order valence-corrected chi connectivity index (χ2v) is 11.0. The van der Waals surface area contributed by atoms with Crippen LogP contribution in [0.25, 0.3) is 0 Å². The average molecular weight is 531 g/mol. The van der Waals surface area contributed by atoms with Gasteiger partial charge >= 0.3 is 0 Å². The third-order valence-electron chi connectivity index (χ3n) is 6.61. The minimum atomic E-state index is -0.597. The number of carbonyl (C=O) groups excluding carboxylic acids is 2. The van der Waals surface area contributed by atoms with Crippen LogP contribution in [-0.4, -0.2) is 33.0 Å². The van der Waals surface area contributed by atoms with Gasteiger partial charge in [0.05, 0.1) is 11.8 Å². The van der Waals surface area contributed by atoms with Crippen LogP contribution in [0.1, 0.15) is 46.7 Å². The van der Waals surface area contributed by atoms with E-state index < -0.39 is 5.25 Å². The summed E-state index contributed by atoms with van der Waals surface area (Å²) in [5.41, 5.74) is 7.08. The lowest BCUT2D eigenvalue weighted by atomic mass is 9.98. The molecule has 3 aromatic carbocycles. The Kier molecular flexibility index (Phi) is 7.17. The predicted molar refractivity (Wildman–Crippen MR) is 151 cm³/mol. The number of aryl methyl sites for hydroxylation is 3. The first-order valence-electron chi connectivity index (χ1n) is 12.1. The van der Waals surface area contributed by atoms with E-state index >= 15 is 0 Å². The van der Waals surface area contributed by atoms with E-state index in [1.165, 1.54) is 17.3 Å². The molecule has 8 heteroatoms. The predicted octanol–water partition coefficient (Wildman–Crippen LogP) is 6.44. The molecule has 188 valence electrons. The second kappa shape index (κ2) is 10.5. The molecule has 2 heterocycles. The van der Waals surface area contributed by atoms with Gasteiger partial charge in [-0.05, 0) is 67.3 Å². The van der Waals surface area contributed by atoms with Crippen molar-refractivity contribution in [3.8, 4) is 0 Å². The highest BCUT2D eigenvalue weighted by Crippen LogP contribution is 2.39. The van der Waals surface area contributed by atoms with Crippen LogP contribution in [0.4, 0.5) is 5.69 Å². The molecule has 0 unspecified atom stereocenters. The lowest BCUT2D eigenvalue weighted by molar-refractivity contribution is -0.121. The molecule has 0 saturated carbocycles. The van der Waals surface area contributed by atoms with E-state index in [1.807, 2.05) is 68.2 Å². The summed E-state index contributed by atoms with van der Waals surface area (Å²) < 4.78 is 0. The van der Waals surface area contributed by atoms with E-state index in [9.17, 15) is 9.59 Å². The summed E-state index contributed by atoms with van der Waals surface area (Å²) in [6.45, 7) is 6.07. The molecule has 6 nitrogen and oxygen atoms in total. The Morgan fingerprint density at radius 1 is 1.05 bits per heavy atom. The highest BCUT2D eigenvalue weighted by atomic mass is 35.5. The minimum absolute atomic E-state index is 0.0353. The number of hydrogen-bond donors (Lipinski definition) is 1. The fourth-order valence-corrected chi connectivity index (χ4v) is 5.64. The van der Waals surface area contributed by atoms with E-state index in [-0.39, 0.29) is 24.3 Å². The van der Waals surface area contributed by atoms with Crippen molar-refractivity contribution in [1.29, 1.82) is 0 Å². The molecule has 2 aliphatic heterocycles. The molecule has 1 N–H and O–H groups in total. The molecule has 5 rings (SSSR count). The van der Waals surface area contributed by atoms with E-state index in [4.69, 9.17) is 16.7 Å². The van der Waals surface area contributed by atoms with Crippen LogP contribution in [0.3, 0.4) is 0 Å². The van der Waals surface area contributed by atoms with Gasteiger partial charge in [0, 0.05) is 23.6 Å². The Hall–Kier alpha value is -3.42. The number of hydrazone groups is 1. The van der Waals surface area contributed by atoms with Crippen molar-refractivity contribution in [2.45, 2.75) is 44.9 Å². The first-order chi connectivity index (χ1) is 17.8. The van der Waals surface area contributed by atoms with E-state index in [0.717, 1.165) is 33.7 Å². The third kappa shape index (κ3) is 5.63. The van der Waals surface area contributed by atoms with Gasteiger partial charge in [-0.1, -0.05) is 71.4 Å². The molecule has 0 aromatic heterocycles. The third-order valence-corrected chi connectivity index (χ3v) is 7.99. The number of aliphatic imine (C=N–C) groups is 1. The fourth-order valence-electron chi connectivity index (χ4n) is 4.38. The van der Waals surface area contributed by atoms with E-state index in [0.29, 0.717) is 16.6 Å². The molecule has 0 aliphatic carbocycles. The van der Waals surface area contributed by atoms with Gasteiger partial charge in [-0.15, -0.1) is 0 Å². The van der Waals surface area contributed by atoms with Crippen LogP contribution < -0.4 is 5.32 Å². The topological polar surface area (TPSA) is 74.1 Å². The van der Waals surface area contributed by atoms with Crippen molar-refractivity contribution in [3.63, 3.8) is 0 Å². The Morgan fingerprint density at radius 2 is 1.84 bits per heavy atom. The largest absolute Gasteiger partial charge is 0.326 e. The molecule has 3 aromatic rings. The smallest absolute Gasteiger partial charge is 0.262 e. The van der Waals surface area contributed by atoms with Crippen molar-refractivity contribution in [1.82, 2.24) is 5.01 Å². The van der Waals surface area contributed by atoms with Gasteiger partial charge < -0.3 is 5.32 Å².